The molecule has 2 N–H and O–H groups in total. The summed E-state index contributed by atoms with van der Waals surface area (Å²) in [6, 6.07) is 7.06. The van der Waals surface area contributed by atoms with E-state index in [4.69, 9.17) is 22.1 Å². The van der Waals surface area contributed by atoms with Crippen LogP contribution in [0.3, 0.4) is 0 Å². The van der Waals surface area contributed by atoms with Gasteiger partial charge >= 0.3 is 5.97 Å². The Labute approximate surface area is 136 Å². The molecule has 23 heavy (non-hydrogen) atoms. The van der Waals surface area contributed by atoms with Crippen molar-refractivity contribution in [2.45, 2.75) is 12.8 Å². The largest absolute Gasteiger partial charge is 0.497 e. The fourth-order valence-electron chi connectivity index (χ4n) is 1.73. The summed E-state index contributed by atoms with van der Waals surface area (Å²) in [6.45, 7) is 0. The van der Waals surface area contributed by atoms with Crippen molar-refractivity contribution in [2.24, 2.45) is 5.10 Å². The number of rotatable bonds is 6. The summed E-state index contributed by atoms with van der Waals surface area (Å²) in [5, 5.41) is 19.0. The normalized spacial score (nSPS) is 10.8. The van der Waals surface area contributed by atoms with Crippen LogP contribution in [0.5, 0.6) is 5.75 Å². The fraction of sp³-hybridized carbons (Fsp3) is 0.214. The Morgan fingerprint density at radius 2 is 2.17 bits per heavy atom. The van der Waals surface area contributed by atoms with E-state index in [0.29, 0.717) is 5.75 Å². The second-order valence-corrected chi connectivity index (χ2v) is 4.89. The van der Waals surface area contributed by atoms with Crippen LogP contribution in [0.25, 0.3) is 0 Å². The minimum atomic E-state index is -1.01. The lowest BCUT2D eigenvalue weighted by molar-refractivity contribution is -0.136. The molecule has 0 aliphatic rings. The molecule has 0 atom stereocenters. The lowest BCUT2D eigenvalue weighted by Gasteiger charge is -2.02. The Morgan fingerprint density at radius 1 is 1.48 bits per heavy atom. The number of nitrogens with one attached hydrogen (secondary N) is 1. The quantitative estimate of drug-likeness (QED) is 0.607. The molecule has 0 radical (unpaired) electrons. The number of aryl methyl sites for hydroxylation is 1. The number of aliphatic carboxylic acids is 1. The molecule has 8 nitrogen and oxygen atoms in total. The van der Waals surface area contributed by atoms with Gasteiger partial charge in [0, 0.05) is 6.42 Å². The Bertz CT molecular complexity index is 839. The SMILES string of the molecule is COc1ccc(/C=N\n2c(=S)[nH]nc(CCC(=O)O)c2=O)cc1. The van der Waals surface area contributed by atoms with E-state index in [0.717, 1.165) is 10.2 Å². The summed E-state index contributed by atoms with van der Waals surface area (Å²) in [5.74, 6) is -0.307. The number of H-pyrrole nitrogens is 1. The number of hydrogen-bond acceptors (Lipinski definition) is 6. The zero-order chi connectivity index (χ0) is 16.8. The Hall–Kier alpha value is -2.81. The number of aromatic nitrogens is 3. The van der Waals surface area contributed by atoms with Crippen molar-refractivity contribution >= 4 is 24.4 Å². The molecule has 9 heteroatoms. The van der Waals surface area contributed by atoms with Gasteiger partial charge in [-0.1, -0.05) is 0 Å². The first-order chi connectivity index (χ1) is 11.0. The molecule has 0 unspecified atom stereocenters. The second kappa shape index (κ2) is 7.45. The third-order valence-corrected chi connectivity index (χ3v) is 3.20. The van der Waals surface area contributed by atoms with Crippen LogP contribution in [0.2, 0.25) is 0 Å². The number of aromatic amines is 1. The van der Waals surface area contributed by atoms with E-state index in [1.165, 1.54) is 6.21 Å². The molecule has 0 aliphatic carbocycles. The average Bonchev–Trinajstić information content (AvgIpc) is 2.54. The van der Waals surface area contributed by atoms with Gasteiger partial charge in [-0.3, -0.25) is 14.7 Å². The molecule has 0 amide bonds. The lowest BCUT2D eigenvalue weighted by atomic mass is 10.2. The zero-order valence-electron chi connectivity index (χ0n) is 12.2. The van der Waals surface area contributed by atoms with Gasteiger partial charge in [0.1, 0.15) is 11.4 Å². The summed E-state index contributed by atoms with van der Waals surface area (Å²) < 4.78 is 6.06. The number of benzene rings is 1. The van der Waals surface area contributed by atoms with Gasteiger partial charge in [0.05, 0.1) is 19.7 Å². The van der Waals surface area contributed by atoms with Crippen LogP contribution in [0, 0.1) is 4.77 Å². The van der Waals surface area contributed by atoms with Gasteiger partial charge in [-0.15, -0.1) is 0 Å². The maximum absolute atomic E-state index is 12.2. The van der Waals surface area contributed by atoms with E-state index >= 15 is 0 Å². The van der Waals surface area contributed by atoms with Crippen LogP contribution in [-0.2, 0) is 11.2 Å². The summed E-state index contributed by atoms with van der Waals surface area (Å²) in [6.07, 6.45) is 1.26. The number of carboxylic acid groups (broad SMARTS) is 1. The Morgan fingerprint density at radius 3 is 2.78 bits per heavy atom. The van der Waals surface area contributed by atoms with Crippen molar-refractivity contribution in [2.75, 3.05) is 7.11 Å². The lowest BCUT2D eigenvalue weighted by Crippen LogP contribution is -2.25. The summed E-state index contributed by atoms with van der Waals surface area (Å²) in [7, 11) is 1.57. The van der Waals surface area contributed by atoms with Gasteiger partial charge in [-0.25, -0.2) is 0 Å². The maximum Gasteiger partial charge on any atom is 0.303 e. The first kappa shape index (κ1) is 16.6. The number of ether oxygens (including phenoxy) is 1. The molecule has 0 fully saturated rings. The smallest absolute Gasteiger partial charge is 0.303 e. The summed E-state index contributed by atoms with van der Waals surface area (Å²) >= 11 is 4.98. The topological polar surface area (TPSA) is 110 Å². The van der Waals surface area contributed by atoms with Crippen molar-refractivity contribution in [1.82, 2.24) is 14.9 Å². The predicted molar refractivity (Wildman–Crippen MR) is 85.6 cm³/mol. The zero-order valence-corrected chi connectivity index (χ0v) is 13.0. The number of carboxylic acids is 1. The van der Waals surface area contributed by atoms with E-state index < -0.39 is 11.5 Å². The van der Waals surface area contributed by atoms with Gasteiger partial charge in [0.2, 0.25) is 4.77 Å². The number of nitrogens with zero attached hydrogens (tertiary/aromatic N) is 3. The van der Waals surface area contributed by atoms with E-state index in [-0.39, 0.29) is 23.3 Å². The van der Waals surface area contributed by atoms with Gasteiger partial charge in [0.25, 0.3) is 5.56 Å². The van der Waals surface area contributed by atoms with Gasteiger partial charge < -0.3 is 9.84 Å². The average molecular weight is 334 g/mol. The molecule has 2 aromatic rings. The molecule has 1 heterocycles. The van der Waals surface area contributed by atoms with Crippen LogP contribution < -0.4 is 10.3 Å². The molecule has 0 aliphatic heterocycles. The highest BCUT2D eigenvalue weighted by molar-refractivity contribution is 7.71. The van der Waals surface area contributed by atoms with E-state index in [1.807, 2.05) is 0 Å². The number of methoxy groups -OCH3 is 1. The molecule has 0 spiro atoms. The highest BCUT2D eigenvalue weighted by Gasteiger charge is 2.08. The molecule has 1 aromatic heterocycles. The summed E-state index contributed by atoms with van der Waals surface area (Å²) in [5.41, 5.74) is 0.267. The molecule has 2 rings (SSSR count). The van der Waals surface area contributed by atoms with Crippen LogP contribution in [0.15, 0.2) is 34.2 Å². The number of hydrogen-bond donors (Lipinski definition) is 2. The van der Waals surface area contributed by atoms with Crippen molar-refractivity contribution in [1.29, 1.82) is 0 Å². The second-order valence-electron chi connectivity index (χ2n) is 4.50. The van der Waals surface area contributed by atoms with Crippen molar-refractivity contribution in [3.05, 3.63) is 50.6 Å². The summed E-state index contributed by atoms with van der Waals surface area (Å²) in [4.78, 5) is 22.8. The molecule has 0 bridgehead atoms. The minimum Gasteiger partial charge on any atom is -0.497 e. The third kappa shape index (κ3) is 4.33. The van der Waals surface area contributed by atoms with Crippen molar-refractivity contribution < 1.29 is 14.6 Å². The highest BCUT2D eigenvalue weighted by atomic mass is 32.1. The molecule has 120 valence electrons. The van der Waals surface area contributed by atoms with Crippen LogP contribution in [0.1, 0.15) is 17.7 Å². The first-order valence-corrected chi connectivity index (χ1v) is 7.03. The molecule has 0 saturated heterocycles. The fourth-order valence-corrected chi connectivity index (χ4v) is 1.91. The van der Waals surface area contributed by atoms with Crippen molar-refractivity contribution in [3.63, 3.8) is 0 Å². The van der Waals surface area contributed by atoms with E-state index in [1.54, 1.807) is 31.4 Å². The highest BCUT2D eigenvalue weighted by Crippen LogP contribution is 2.09. The van der Waals surface area contributed by atoms with Crippen molar-refractivity contribution in [3.8, 4) is 5.75 Å². The molecule has 0 saturated carbocycles. The standard InChI is InChI=1S/C14H14N4O4S/c1-22-10-4-2-9(3-5-10)8-15-18-13(21)11(6-7-12(19)20)16-17-14(18)23/h2-5,8H,6-7H2,1H3,(H,17,23)(H,19,20)/b15-8-. The third-order valence-electron chi connectivity index (χ3n) is 2.93. The minimum absolute atomic E-state index is 0.00165. The van der Waals surface area contributed by atoms with Crippen LogP contribution >= 0.6 is 12.2 Å². The number of carbonyl (C=O) groups is 1. The van der Waals surface area contributed by atoms with Crippen LogP contribution in [0.4, 0.5) is 0 Å². The van der Waals surface area contributed by atoms with E-state index in [2.05, 4.69) is 15.3 Å². The molecular formula is C14H14N4O4S. The van der Waals surface area contributed by atoms with Gasteiger partial charge in [-0.05, 0) is 42.0 Å². The van der Waals surface area contributed by atoms with Crippen LogP contribution in [-0.4, -0.2) is 39.3 Å². The predicted octanol–water partition coefficient (Wildman–Crippen LogP) is 1.21. The molecule has 1 aromatic carbocycles. The first-order valence-electron chi connectivity index (χ1n) is 6.62. The Kier molecular flexibility index (Phi) is 5.36. The van der Waals surface area contributed by atoms with E-state index in [9.17, 15) is 9.59 Å². The van der Waals surface area contributed by atoms with Gasteiger partial charge in [-0.2, -0.15) is 14.9 Å². The van der Waals surface area contributed by atoms with Gasteiger partial charge in [0.15, 0.2) is 0 Å². The maximum atomic E-state index is 12.2. The Balaban J connectivity index is 2.29. The molecular weight excluding hydrogens is 320 g/mol. The monoisotopic (exact) mass is 334 g/mol.